The average molecular weight is 357 g/mol. The second kappa shape index (κ2) is 6.09. The first-order chi connectivity index (χ1) is 12.0. The summed E-state index contributed by atoms with van der Waals surface area (Å²) >= 11 is 0. The van der Waals surface area contributed by atoms with E-state index in [0.717, 1.165) is 16.6 Å². The Hall–Kier alpha value is -2.51. The number of aromatic amines is 1. The molecule has 130 valence electrons. The number of anilines is 1. The largest absolute Gasteiger partial charge is 0.508 e. The standard InChI is InChI=1S/C18H19N3O3S/c22-16-3-1-15(2-4-16)20-9-11-21(12-10-20)25(23,24)17-5-6-18-14(13-17)7-8-19-18/h1-8,13,19,22H,9-12H2. The fourth-order valence-corrected chi connectivity index (χ4v) is 4.65. The Morgan fingerprint density at radius 1 is 0.920 bits per heavy atom. The Balaban J connectivity index is 1.51. The van der Waals surface area contributed by atoms with Crippen molar-refractivity contribution in [3.05, 3.63) is 54.7 Å². The highest BCUT2D eigenvalue weighted by Gasteiger charge is 2.28. The zero-order chi connectivity index (χ0) is 17.4. The summed E-state index contributed by atoms with van der Waals surface area (Å²) < 4.78 is 27.3. The van der Waals surface area contributed by atoms with Crippen molar-refractivity contribution in [1.29, 1.82) is 0 Å². The Kier molecular flexibility index (Phi) is 3.89. The summed E-state index contributed by atoms with van der Waals surface area (Å²) in [6, 6.07) is 14.0. The minimum atomic E-state index is -3.49. The minimum Gasteiger partial charge on any atom is -0.508 e. The molecule has 1 saturated heterocycles. The van der Waals surface area contributed by atoms with Crippen LogP contribution in [-0.4, -0.2) is 49.0 Å². The van der Waals surface area contributed by atoms with Crippen LogP contribution in [0.5, 0.6) is 5.75 Å². The fourth-order valence-electron chi connectivity index (χ4n) is 3.19. The molecule has 2 N–H and O–H groups in total. The Morgan fingerprint density at radius 2 is 1.64 bits per heavy atom. The SMILES string of the molecule is O=S(=O)(c1ccc2[nH]ccc2c1)N1CCN(c2ccc(O)cc2)CC1. The minimum absolute atomic E-state index is 0.227. The summed E-state index contributed by atoms with van der Waals surface area (Å²) in [5.41, 5.74) is 1.92. The molecule has 0 spiro atoms. The van der Waals surface area contributed by atoms with Crippen LogP contribution in [0.4, 0.5) is 5.69 Å². The number of aromatic hydroxyl groups is 1. The van der Waals surface area contributed by atoms with Gasteiger partial charge in [0.25, 0.3) is 0 Å². The van der Waals surface area contributed by atoms with E-state index < -0.39 is 10.0 Å². The molecule has 2 aromatic carbocycles. The van der Waals surface area contributed by atoms with Crippen LogP contribution in [0.25, 0.3) is 10.9 Å². The summed E-state index contributed by atoms with van der Waals surface area (Å²) in [5, 5.41) is 10.3. The van der Waals surface area contributed by atoms with Crippen LogP contribution in [0.15, 0.2) is 59.6 Å². The molecule has 2 heterocycles. The summed E-state index contributed by atoms with van der Waals surface area (Å²) in [6.07, 6.45) is 1.80. The first-order valence-electron chi connectivity index (χ1n) is 8.15. The van der Waals surface area contributed by atoms with Crippen LogP contribution in [-0.2, 0) is 10.0 Å². The van der Waals surface area contributed by atoms with Crippen LogP contribution >= 0.6 is 0 Å². The smallest absolute Gasteiger partial charge is 0.243 e. The third kappa shape index (κ3) is 2.96. The van der Waals surface area contributed by atoms with Gasteiger partial charge in [-0.15, -0.1) is 0 Å². The molecule has 0 unspecified atom stereocenters. The first-order valence-corrected chi connectivity index (χ1v) is 9.59. The number of phenolic OH excluding ortho intramolecular Hbond substituents is 1. The fraction of sp³-hybridized carbons (Fsp3) is 0.222. The number of nitrogens with zero attached hydrogens (tertiary/aromatic N) is 2. The maximum atomic E-state index is 12.9. The van der Waals surface area contributed by atoms with Gasteiger partial charge in [-0.1, -0.05) is 0 Å². The van der Waals surface area contributed by atoms with Crippen LogP contribution in [0, 0.1) is 0 Å². The number of aromatic nitrogens is 1. The first kappa shape index (κ1) is 16.0. The van der Waals surface area contributed by atoms with Gasteiger partial charge in [-0.05, 0) is 48.5 Å². The highest BCUT2D eigenvalue weighted by atomic mass is 32.2. The van der Waals surface area contributed by atoms with Gasteiger partial charge in [0.2, 0.25) is 10.0 Å². The highest BCUT2D eigenvalue weighted by molar-refractivity contribution is 7.89. The lowest BCUT2D eigenvalue weighted by atomic mass is 10.2. The van der Waals surface area contributed by atoms with Crippen LogP contribution in [0.2, 0.25) is 0 Å². The quantitative estimate of drug-likeness (QED) is 0.755. The summed E-state index contributed by atoms with van der Waals surface area (Å²) in [7, 11) is -3.49. The van der Waals surface area contributed by atoms with Crippen molar-refractivity contribution in [2.24, 2.45) is 0 Å². The van der Waals surface area contributed by atoms with Crippen molar-refractivity contribution in [2.45, 2.75) is 4.90 Å². The molecule has 0 amide bonds. The number of piperazine rings is 1. The number of sulfonamides is 1. The Labute approximate surface area is 146 Å². The van der Waals surface area contributed by atoms with E-state index in [1.807, 2.05) is 18.2 Å². The van der Waals surface area contributed by atoms with Gasteiger partial charge in [-0.25, -0.2) is 8.42 Å². The van der Waals surface area contributed by atoms with E-state index in [-0.39, 0.29) is 5.75 Å². The third-order valence-corrected chi connectivity index (χ3v) is 6.51. The van der Waals surface area contributed by atoms with Crippen molar-refractivity contribution >= 4 is 26.6 Å². The number of hydrogen-bond acceptors (Lipinski definition) is 4. The lowest BCUT2D eigenvalue weighted by molar-refractivity contribution is 0.385. The monoisotopic (exact) mass is 357 g/mol. The number of phenols is 1. The van der Waals surface area contributed by atoms with Crippen LogP contribution in [0.1, 0.15) is 0 Å². The summed E-state index contributed by atoms with van der Waals surface area (Å²) in [4.78, 5) is 5.53. The molecule has 1 aromatic heterocycles. The molecule has 1 fully saturated rings. The van der Waals surface area contributed by atoms with E-state index in [2.05, 4.69) is 9.88 Å². The Morgan fingerprint density at radius 3 is 2.36 bits per heavy atom. The Bertz CT molecular complexity index is 988. The van der Waals surface area contributed by atoms with Crippen molar-refractivity contribution in [2.75, 3.05) is 31.1 Å². The summed E-state index contributed by atoms with van der Waals surface area (Å²) in [6.45, 7) is 2.12. The number of nitrogens with one attached hydrogen (secondary N) is 1. The molecule has 0 atom stereocenters. The third-order valence-electron chi connectivity index (χ3n) is 4.62. The van der Waals surface area contributed by atoms with Crippen molar-refractivity contribution in [1.82, 2.24) is 9.29 Å². The van der Waals surface area contributed by atoms with Gasteiger partial charge >= 0.3 is 0 Å². The summed E-state index contributed by atoms with van der Waals surface area (Å²) in [5.74, 6) is 0.227. The molecule has 25 heavy (non-hydrogen) atoms. The van der Waals surface area contributed by atoms with E-state index in [1.165, 1.54) is 4.31 Å². The van der Waals surface area contributed by atoms with E-state index in [4.69, 9.17) is 0 Å². The number of benzene rings is 2. The molecular formula is C18H19N3O3S. The topological polar surface area (TPSA) is 76.6 Å². The molecule has 0 saturated carbocycles. The number of hydrogen-bond donors (Lipinski definition) is 2. The van der Waals surface area contributed by atoms with E-state index in [0.29, 0.717) is 31.1 Å². The van der Waals surface area contributed by atoms with E-state index >= 15 is 0 Å². The van der Waals surface area contributed by atoms with Gasteiger partial charge < -0.3 is 15.0 Å². The maximum absolute atomic E-state index is 12.9. The van der Waals surface area contributed by atoms with Gasteiger partial charge in [0.05, 0.1) is 4.90 Å². The van der Waals surface area contributed by atoms with E-state index in [9.17, 15) is 13.5 Å². The molecule has 0 bridgehead atoms. The molecule has 0 radical (unpaired) electrons. The molecule has 3 aromatic rings. The highest BCUT2D eigenvalue weighted by Crippen LogP contribution is 2.24. The molecule has 7 heteroatoms. The van der Waals surface area contributed by atoms with Crippen LogP contribution < -0.4 is 4.90 Å². The zero-order valence-electron chi connectivity index (χ0n) is 13.6. The normalized spacial score (nSPS) is 16.4. The van der Waals surface area contributed by atoms with Gasteiger partial charge in [0.15, 0.2) is 0 Å². The number of rotatable bonds is 3. The maximum Gasteiger partial charge on any atom is 0.243 e. The van der Waals surface area contributed by atoms with Crippen molar-refractivity contribution < 1.29 is 13.5 Å². The van der Waals surface area contributed by atoms with Gasteiger partial charge in [-0.3, -0.25) is 0 Å². The zero-order valence-corrected chi connectivity index (χ0v) is 14.4. The molecule has 4 rings (SSSR count). The van der Waals surface area contributed by atoms with Crippen molar-refractivity contribution in [3.63, 3.8) is 0 Å². The average Bonchev–Trinajstić information content (AvgIpc) is 3.10. The molecule has 1 aliphatic heterocycles. The second-order valence-electron chi connectivity index (χ2n) is 6.13. The van der Waals surface area contributed by atoms with Crippen molar-refractivity contribution in [3.8, 4) is 5.75 Å². The predicted octanol–water partition coefficient (Wildman–Crippen LogP) is 2.38. The number of fused-ring (bicyclic) bond motifs is 1. The lowest BCUT2D eigenvalue weighted by Crippen LogP contribution is -2.48. The number of H-pyrrole nitrogens is 1. The van der Waals surface area contributed by atoms with E-state index in [1.54, 1.807) is 36.5 Å². The van der Waals surface area contributed by atoms with Gasteiger partial charge in [-0.2, -0.15) is 4.31 Å². The van der Waals surface area contributed by atoms with Crippen LogP contribution in [0.3, 0.4) is 0 Å². The van der Waals surface area contributed by atoms with Gasteiger partial charge in [0.1, 0.15) is 5.75 Å². The molecule has 6 nitrogen and oxygen atoms in total. The molecule has 1 aliphatic rings. The molecule has 0 aliphatic carbocycles. The lowest BCUT2D eigenvalue weighted by Gasteiger charge is -2.35. The van der Waals surface area contributed by atoms with Gasteiger partial charge in [0, 0.05) is 49.0 Å². The second-order valence-corrected chi connectivity index (χ2v) is 8.07. The molecular weight excluding hydrogens is 338 g/mol. The predicted molar refractivity (Wildman–Crippen MR) is 97.4 cm³/mol.